The van der Waals surface area contributed by atoms with Gasteiger partial charge in [0.05, 0.1) is 6.10 Å². The van der Waals surface area contributed by atoms with Crippen molar-refractivity contribution in [2.75, 3.05) is 6.54 Å². The van der Waals surface area contributed by atoms with Crippen LogP contribution in [0.25, 0.3) is 0 Å². The van der Waals surface area contributed by atoms with E-state index in [2.05, 4.69) is 41.9 Å². The van der Waals surface area contributed by atoms with Crippen molar-refractivity contribution >= 4 is 15.9 Å². The quantitative estimate of drug-likeness (QED) is 0.844. The van der Waals surface area contributed by atoms with Crippen molar-refractivity contribution in [3.8, 4) is 0 Å². The van der Waals surface area contributed by atoms with Crippen LogP contribution in [0.15, 0.2) is 53.0 Å². The zero-order chi connectivity index (χ0) is 15.4. The third-order valence-electron chi connectivity index (χ3n) is 3.86. The fraction of sp³-hybridized carbons (Fsp3) is 0.333. The van der Waals surface area contributed by atoms with Gasteiger partial charge >= 0.3 is 0 Å². The third kappa shape index (κ3) is 3.94. The fourth-order valence-corrected chi connectivity index (χ4v) is 2.91. The molecule has 0 saturated heterocycles. The van der Waals surface area contributed by atoms with E-state index in [0.29, 0.717) is 12.5 Å². The summed E-state index contributed by atoms with van der Waals surface area (Å²) in [6.07, 6.45) is -0.592. The van der Waals surface area contributed by atoms with Crippen molar-refractivity contribution in [1.82, 2.24) is 0 Å². The lowest BCUT2D eigenvalue weighted by molar-refractivity contribution is 0.147. The van der Waals surface area contributed by atoms with Crippen molar-refractivity contribution in [3.05, 3.63) is 69.7 Å². The number of benzene rings is 2. The van der Waals surface area contributed by atoms with Gasteiger partial charge < -0.3 is 10.8 Å². The molecule has 2 nitrogen and oxygen atoms in total. The highest BCUT2D eigenvalue weighted by molar-refractivity contribution is 9.10. The molecule has 0 aliphatic heterocycles. The highest BCUT2D eigenvalue weighted by Gasteiger charge is 2.21. The number of aliphatic hydroxyl groups excluding tert-OH is 1. The first kappa shape index (κ1) is 16.2. The molecule has 0 aliphatic carbocycles. The minimum absolute atomic E-state index is 0.104. The predicted octanol–water partition coefficient (Wildman–Crippen LogP) is 4.35. The Morgan fingerprint density at radius 2 is 1.62 bits per heavy atom. The summed E-state index contributed by atoms with van der Waals surface area (Å²) in [7, 11) is 0. The van der Waals surface area contributed by atoms with Gasteiger partial charge in [0, 0.05) is 16.9 Å². The molecule has 21 heavy (non-hydrogen) atoms. The molecule has 3 heteroatoms. The summed E-state index contributed by atoms with van der Waals surface area (Å²) in [5.74, 6) is 0.388. The van der Waals surface area contributed by atoms with Gasteiger partial charge in [0.2, 0.25) is 0 Å². The Kier molecular flexibility index (Phi) is 5.57. The van der Waals surface area contributed by atoms with Gasteiger partial charge in [-0.15, -0.1) is 0 Å². The van der Waals surface area contributed by atoms with Gasteiger partial charge in [-0.1, -0.05) is 66.2 Å². The van der Waals surface area contributed by atoms with E-state index in [0.717, 1.165) is 15.6 Å². The third-order valence-corrected chi connectivity index (χ3v) is 4.35. The van der Waals surface area contributed by atoms with Crippen molar-refractivity contribution in [1.29, 1.82) is 0 Å². The lowest BCUT2D eigenvalue weighted by Crippen LogP contribution is -2.20. The summed E-state index contributed by atoms with van der Waals surface area (Å²) in [5.41, 5.74) is 9.13. The van der Waals surface area contributed by atoms with Crippen LogP contribution in [0.1, 0.15) is 48.5 Å². The fourth-order valence-electron chi connectivity index (χ4n) is 2.49. The summed E-state index contributed by atoms with van der Waals surface area (Å²) >= 11 is 3.47. The normalized spacial score (nSPS) is 14.2. The largest absolute Gasteiger partial charge is 0.388 e. The molecule has 0 aromatic heterocycles. The van der Waals surface area contributed by atoms with Crippen LogP contribution < -0.4 is 5.73 Å². The summed E-state index contributed by atoms with van der Waals surface area (Å²) < 4.78 is 1.00. The lowest BCUT2D eigenvalue weighted by Gasteiger charge is -2.23. The van der Waals surface area contributed by atoms with Crippen LogP contribution in [0, 0.1) is 0 Å². The number of hydrogen-bond acceptors (Lipinski definition) is 2. The summed E-state index contributed by atoms with van der Waals surface area (Å²) in [5, 5.41) is 10.7. The van der Waals surface area contributed by atoms with Crippen LogP contribution >= 0.6 is 15.9 Å². The minimum atomic E-state index is -0.592. The van der Waals surface area contributed by atoms with E-state index in [1.807, 2.05) is 36.4 Å². The number of hydrogen-bond donors (Lipinski definition) is 2. The zero-order valence-corrected chi connectivity index (χ0v) is 14.0. The van der Waals surface area contributed by atoms with Gasteiger partial charge in [-0.05, 0) is 34.7 Å². The molecule has 2 aromatic carbocycles. The van der Waals surface area contributed by atoms with Crippen molar-refractivity contribution < 1.29 is 5.11 Å². The van der Waals surface area contributed by atoms with Gasteiger partial charge in [0.15, 0.2) is 0 Å². The Labute approximate surface area is 135 Å². The highest BCUT2D eigenvalue weighted by atomic mass is 79.9. The minimum Gasteiger partial charge on any atom is -0.388 e. The van der Waals surface area contributed by atoms with Crippen molar-refractivity contribution in [2.45, 2.75) is 31.8 Å². The first-order valence-electron chi connectivity index (χ1n) is 7.26. The molecule has 0 radical (unpaired) electrons. The van der Waals surface area contributed by atoms with E-state index in [1.165, 1.54) is 5.56 Å². The average molecular weight is 348 g/mol. The first-order chi connectivity index (χ1) is 10.0. The summed E-state index contributed by atoms with van der Waals surface area (Å²) in [6, 6.07) is 16.1. The Hall–Kier alpha value is -1.16. The topological polar surface area (TPSA) is 46.2 Å². The number of halogens is 1. The molecule has 2 unspecified atom stereocenters. The standard InChI is InChI=1S/C18H22BrNO/c1-12(2)13-6-8-14(9-7-13)18(21)17(11-20)15-4-3-5-16(19)10-15/h3-10,12,17-18,21H,11,20H2,1-2H3. The van der Waals surface area contributed by atoms with Crippen LogP contribution in [0.2, 0.25) is 0 Å². The maximum absolute atomic E-state index is 10.7. The maximum atomic E-state index is 10.7. The van der Waals surface area contributed by atoms with Gasteiger partial charge in [-0.3, -0.25) is 0 Å². The molecule has 0 saturated carbocycles. The molecular formula is C18H22BrNO. The van der Waals surface area contributed by atoms with Crippen LogP contribution in [-0.4, -0.2) is 11.7 Å². The molecule has 0 amide bonds. The van der Waals surface area contributed by atoms with Crippen LogP contribution in [-0.2, 0) is 0 Å². The van der Waals surface area contributed by atoms with E-state index < -0.39 is 6.10 Å². The first-order valence-corrected chi connectivity index (χ1v) is 8.05. The van der Waals surface area contributed by atoms with Crippen molar-refractivity contribution in [3.63, 3.8) is 0 Å². The second-order valence-corrected chi connectivity index (χ2v) is 6.58. The average Bonchev–Trinajstić information content (AvgIpc) is 2.48. The predicted molar refractivity (Wildman–Crippen MR) is 91.4 cm³/mol. The second-order valence-electron chi connectivity index (χ2n) is 5.66. The maximum Gasteiger partial charge on any atom is 0.0870 e. The summed E-state index contributed by atoms with van der Waals surface area (Å²) in [6.45, 7) is 4.73. The number of aliphatic hydroxyl groups is 1. The molecule has 0 heterocycles. The van der Waals surface area contributed by atoms with Gasteiger partial charge in [-0.25, -0.2) is 0 Å². The van der Waals surface area contributed by atoms with Crippen LogP contribution in [0.5, 0.6) is 0 Å². The molecule has 0 aliphatic rings. The van der Waals surface area contributed by atoms with E-state index in [9.17, 15) is 5.11 Å². The smallest absolute Gasteiger partial charge is 0.0870 e. The molecule has 3 N–H and O–H groups in total. The molecule has 2 rings (SSSR count). The Balaban J connectivity index is 2.25. The molecule has 0 fully saturated rings. The van der Waals surface area contributed by atoms with Gasteiger partial charge in [-0.2, -0.15) is 0 Å². The molecule has 112 valence electrons. The summed E-state index contributed by atoms with van der Waals surface area (Å²) in [4.78, 5) is 0. The monoisotopic (exact) mass is 347 g/mol. The van der Waals surface area contributed by atoms with E-state index in [4.69, 9.17) is 5.73 Å². The Morgan fingerprint density at radius 3 is 2.14 bits per heavy atom. The SMILES string of the molecule is CC(C)c1ccc(C(O)C(CN)c2cccc(Br)c2)cc1. The van der Waals surface area contributed by atoms with Gasteiger partial charge in [0.1, 0.15) is 0 Å². The Morgan fingerprint density at radius 1 is 1.00 bits per heavy atom. The molecule has 0 bridgehead atoms. The van der Waals surface area contributed by atoms with Gasteiger partial charge in [0.25, 0.3) is 0 Å². The highest BCUT2D eigenvalue weighted by Crippen LogP contribution is 2.32. The molecular weight excluding hydrogens is 326 g/mol. The van der Waals surface area contributed by atoms with E-state index >= 15 is 0 Å². The van der Waals surface area contributed by atoms with Crippen molar-refractivity contribution in [2.24, 2.45) is 5.73 Å². The zero-order valence-electron chi connectivity index (χ0n) is 12.5. The number of rotatable bonds is 5. The Bertz CT molecular complexity index is 580. The van der Waals surface area contributed by atoms with E-state index in [1.54, 1.807) is 0 Å². The number of nitrogens with two attached hydrogens (primary N) is 1. The molecule has 2 atom stereocenters. The lowest BCUT2D eigenvalue weighted by atomic mass is 9.88. The molecule has 0 spiro atoms. The second kappa shape index (κ2) is 7.21. The molecule has 2 aromatic rings. The van der Waals surface area contributed by atoms with Crippen LogP contribution in [0.4, 0.5) is 0 Å². The van der Waals surface area contributed by atoms with Crippen LogP contribution in [0.3, 0.4) is 0 Å². The van der Waals surface area contributed by atoms with E-state index in [-0.39, 0.29) is 5.92 Å².